The number of likely N-dealkylation sites (tertiary alicyclic amines) is 1. The monoisotopic (exact) mass is 450 g/mol. The summed E-state index contributed by atoms with van der Waals surface area (Å²) in [5, 5.41) is 8.48. The molecular formula is C22H26N8OS. The Balaban J connectivity index is 1.51. The first-order valence-corrected chi connectivity index (χ1v) is 11.4. The molecule has 0 atom stereocenters. The van der Waals surface area contributed by atoms with Gasteiger partial charge in [0, 0.05) is 51.1 Å². The molecule has 0 aromatic carbocycles. The van der Waals surface area contributed by atoms with Crippen LogP contribution in [0.5, 0.6) is 5.88 Å². The fourth-order valence-electron chi connectivity index (χ4n) is 3.94. The average molecular weight is 451 g/mol. The zero-order chi connectivity index (χ0) is 22.2. The van der Waals surface area contributed by atoms with Crippen LogP contribution in [0, 0.1) is 6.92 Å². The quantitative estimate of drug-likeness (QED) is 0.474. The van der Waals surface area contributed by atoms with Gasteiger partial charge in [0.25, 0.3) is 0 Å². The molecule has 10 heteroatoms. The minimum atomic E-state index is 0.0828. The second-order valence-corrected chi connectivity index (χ2v) is 8.95. The largest absolute Gasteiger partial charge is 0.473 e. The van der Waals surface area contributed by atoms with Crippen LogP contribution in [0.25, 0.3) is 16.7 Å². The van der Waals surface area contributed by atoms with Crippen molar-refractivity contribution in [3.63, 3.8) is 0 Å². The van der Waals surface area contributed by atoms with E-state index in [1.165, 1.54) is 11.5 Å². The van der Waals surface area contributed by atoms with Gasteiger partial charge in [0.2, 0.25) is 11.8 Å². The molecule has 0 amide bonds. The zero-order valence-corrected chi connectivity index (χ0v) is 19.3. The lowest BCUT2D eigenvalue weighted by atomic mass is 10.1. The smallest absolute Gasteiger partial charge is 0.244 e. The van der Waals surface area contributed by atoms with E-state index >= 15 is 0 Å². The van der Waals surface area contributed by atoms with Crippen molar-refractivity contribution in [2.45, 2.75) is 32.8 Å². The summed E-state index contributed by atoms with van der Waals surface area (Å²) in [4.78, 5) is 11.8. The van der Waals surface area contributed by atoms with Crippen molar-refractivity contribution in [2.24, 2.45) is 7.05 Å². The van der Waals surface area contributed by atoms with E-state index in [1.807, 2.05) is 49.3 Å². The van der Waals surface area contributed by atoms with Crippen molar-refractivity contribution < 1.29 is 4.74 Å². The second-order valence-electron chi connectivity index (χ2n) is 8.14. The Morgan fingerprint density at radius 3 is 2.75 bits per heavy atom. The van der Waals surface area contributed by atoms with Crippen molar-refractivity contribution >= 4 is 33.5 Å². The summed E-state index contributed by atoms with van der Waals surface area (Å²) in [7, 11) is 1.90. The Morgan fingerprint density at radius 2 is 2.09 bits per heavy atom. The summed E-state index contributed by atoms with van der Waals surface area (Å²) in [5.74, 6) is 1.07. The molecule has 1 aliphatic heterocycles. The Morgan fingerprint density at radius 1 is 1.28 bits per heavy atom. The zero-order valence-electron chi connectivity index (χ0n) is 18.4. The molecule has 1 aliphatic rings. The van der Waals surface area contributed by atoms with Crippen LogP contribution in [0.1, 0.15) is 25.5 Å². The van der Waals surface area contributed by atoms with E-state index in [9.17, 15) is 0 Å². The third kappa shape index (κ3) is 4.05. The molecular weight excluding hydrogens is 424 g/mol. The molecule has 5 heterocycles. The second kappa shape index (κ2) is 8.27. The molecule has 1 saturated heterocycles. The molecule has 0 radical (unpaired) electrons. The number of hydrogen-bond donors (Lipinski definition) is 1. The Labute approximate surface area is 190 Å². The van der Waals surface area contributed by atoms with Crippen LogP contribution in [0.4, 0.5) is 10.9 Å². The van der Waals surface area contributed by atoms with Gasteiger partial charge in [-0.25, -0.2) is 4.98 Å². The van der Waals surface area contributed by atoms with Gasteiger partial charge in [-0.1, -0.05) is 6.58 Å². The lowest BCUT2D eigenvalue weighted by molar-refractivity contribution is 0.115. The van der Waals surface area contributed by atoms with Crippen LogP contribution < -0.4 is 10.1 Å². The van der Waals surface area contributed by atoms with Crippen molar-refractivity contribution in [1.29, 1.82) is 0 Å². The number of hydrogen-bond acceptors (Lipinski definition) is 8. The van der Waals surface area contributed by atoms with Gasteiger partial charge in [-0.2, -0.15) is 14.5 Å². The minimum Gasteiger partial charge on any atom is -0.473 e. The SMILES string of the molecule is C=C(C)N1CCC(Oc2nc(Nc3cc(C)ns3)nc3ccn(-c4cnn(C)c4)c23)CC1. The molecule has 0 aliphatic carbocycles. The highest BCUT2D eigenvalue weighted by atomic mass is 32.1. The topological polar surface area (TPSA) is 85.9 Å². The van der Waals surface area contributed by atoms with Crippen LogP contribution in [-0.4, -0.2) is 52.8 Å². The maximum atomic E-state index is 6.50. The van der Waals surface area contributed by atoms with Crippen LogP contribution >= 0.6 is 11.5 Å². The van der Waals surface area contributed by atoms with E-state index in [2.05, 4.69) is 33.2 Å². The Kier molecular flexibility index (Phi) is 5.30. The molecule has 4 aromatic rings. The maximum Gasteiger partial charge on any atom is 0.244 e. The number of nitrogens with one attached hydrogen (secondary N) is 1. The summed E-state index contributed by atoms with van der Waals surface area (Å²) in [6.07, 6.45) is 7.68. The standard InChI is InChI=1S/C22H26N8OS/c1-14(2)29-8-5-17(6-9-29)31-21-20-18(7-10-30(20)16-12-23-28(4)13-16)24-22(26-21)25-19-11-15(3)27-32-19/h7,10-13,17H,1,5-6,8-9H2,2-4H3,(H,24,25,26). The molecule has 1 fully saturated rings. The molecule has 1 N–H and O–H groups in total. The van der Waals surface area contributed by atoms with Gasteiger partial charge in [-0.15, -0.1) is 0 Å². The number of ether oxygens (including phenoxy) is 1. The van der Waals surface area contributed by atoms with Crippen LogP contribution in [0.15, 0.2) is 43.0 Å². The van der Waals surface area contributed by atoms with Crippen LogP contribution in [0.3, 0.4) is 0 Å². The van der Waals surface area contributed by atoms with Gasteiger partial charge in [-0.3, -0.25) is 4.68 Å². The van der Waals surface area contributed by atoms with Gasteiger partial charge in [0.05, 0.1) is 23.1 Å². The first kappa shape index (κ1) is 20.5. The number of aryl methyl sites for hydroxylation is 2. The molecule has 9 nitrogen and oxygen atoms in total. The molecule has 32 heavy (non-hydrogen) atoms. The van der Waals surface area contributed by atoms with Gasteiger partial charge in [0.15, 0.2) is 0 Å². The lowest BCUT2D eigenvalue weighted by Gasteiger charge is -2.33. The Bertz CT molecular complexity index is 1260. The summed E-state index contributed by atoms with van der Waals surface area (Å²) >= 11 is 1.39. The Hall–Kier alpha value is -3.40. The maximum absolute atomic E-state index is 6.50. The van der Waals surface area contributed by atoms with E-state index in [1.54, 1.807) is 4.68 Å². The highest BCUT2D eigenvalue weighted by molar-refractivity contribution is 7.10. The van der Waals surface area contributed by atoms with Crippen molar-refractivity contribution in [1.82, 2.24) is 33.6 Å². The minimum absolute atomic E-state index is 0.0828. The molecule has 0 saturated carbocycles. The lowest BCUT2D eigenvalue weighted by Crippen LogP contribution is -2.37. The number of rotatable bonds is 6. The summed E-state index contributed by atoms with van der Waals surface area (Å²) in [5.41, 5.74) is 4.65. The third-order valence-electron chi connectivity index (χ3n) is 5.59. The highest BCUT2D eigenvalue weighted by Crippen LogP contribution is 2.31. The highest BCUT2D eigenvalue weighted by Gasteiger charge is 2.24. The van der Waals surface area contributed by atoms with Gasteiger partial charge >= 0.3 is 0 Å². The predicted molar refractivity (Wildman–Crippen MR) is 126 cm³/mol. The molecule has 4 aromatic heterocycles. The van der Waals surface area contributed by atoms with Gasteiger partial charge in [-0.05, 0) is 37.5 Å². The van der Waals surface area contributed by atoms with E-state index in [0.717, 1.165) is 59.0 Å². The number of piperidine rings is 1. The predicted octanol–water partition coefficient (Wildman–Crippen LogP) is 4.04. The molecule has 0 bridgehead atoms. The summed E-state index contributed by atoms with van der Waals surface area (Å²) < 4.78 is 14.6. The average Bonchev–Trinajstić information content (AvgIpc) is 3.48. The first-order valence-electron chi connectivity index (χ1n) is 10.6. The number of anilines is 2. The van der Waals surface area contributed by atoms with Crippen LogP contribution in [0.2, 0.25) is 0 Å². The number of nitrogens with zero attached hydrogens (tertiary/aromatic N) is 7. The fourth-order valence-corrected chi connectivity index (χ4v) is 4.60. The van der Waals surface area contributed by atoms with Gasteiger partial charge in [0.1, 0.15) is 16.6 Å². The van der Waals surface area contributed by atoms with E-state index in [-0.39, 0.29) is 6.10 Å². The number of aromatic nitrogens is 6. The normalized spacial score (nSPS) is 14.8. The summed E-state index contributed by atoms with van der Waals surface area (Å²) in [6, 6.07) is 3.95. The van der Waals surface area contributed by atoms with Crippen molar-refractivity contribution in [3.05, 3.63) is 48.7 Å². The van der Waals surface area contributed by atoms with Crippen molar-refractivity contribution in [3.8, 4) is 11.6 Å². The number of fused-ring (bicyclic) bond motifs is 1. The first-order chi connectivity index (χ1) is 15.5. The van der Waals surface area contributed by atoms with E-state index in [0.29, 0.717) is 11.8 Å². The van der Waals surface area contributed by atoms with E-state index < -0.39 is 0 Å². The number of allylic oxidation sites excluding steroid dienone is 1. The van der Waals surface area contributed by atoms with Crippen molar-refractivity contribution in [2.75, 3.05) is 18.4 Å². The molecule has 5 rings (SSSR count). The molecule has 0 unspecified atom stereocenters. The van der Waals surface area contributed by atoms with Gasteiger partial charge < -0.3 is 19.5 Å². The molecule has 0 spiro atoms. The fraction of sp³-hybridized carbons (Fsp3) is 0.364. The van der Waals surface area contributed by atoms with Crippen LogP contribution in [-0.2, 0) is 7.05 Å². The molecule has 166 valence electrons. The van der Waals surface area contributed by atoms with E-state index in [4.69, 9.17) is 14.7 Å². The summed E-state index contributed by atoms with van der Waals surface area (Å²) in [6.45, 7) is 9.94. The third-order valence-corrected chi connectivity index (χ3v) is 6.39.